The number of rotatable bonds is 5. The van der Waals surface area contributed by atoms with Crippen molar-refractivity contribution in [3.05, 3.63) is 77.3 Å². The Balaban J connectivity index is 1.88. The molecule has 3 rings (SSSR count). The van der Waals surface area contributed by atoms with Crippen molar-refractivity contribution >= 4 is 11.6 Å². The number of benzene rings is 1. The maximum absolute atomic E-state index is 11.4. The number of pyridine rings is 1. The van der Waals surface area contributed by atoms with Crippen LogP contribution in [0, 0.1) is 0 Å². The molecule has 2 heterocycles. The van der Waals surface area contributed by atoms with Gasteiger partial charge in [-0.15, -0.1) is 0 Å². The number of aromatic nitrogens is 1. The van der Waals surface area contributed by atoms with Crippen molar-refractivity contribution in [1.82, 2.24) is 4.98 Å². The lowest BCUT2D eigenvalue weighted by molar-refractivity contribution is -0.229. The summed E-state index contributed by atoms with van der Waals surface area (Å²) >= 11 is 5.87. The Hall–Kier alpha value is -1.92. The molecule has 1 aliphatic heterocycles. The van der Waals surface area contributed by atoms with E-state index in [1.807, 2.05) is 30.3 Å². The van der Waals surface area contributed by atoms with Gasteiger partial charge in [0.15, 0.2) is 0 Å². The molecule has 2 aromatic rings. The van der Waals surface area contributed by atoms with Gasteiger partial charge in [-0.3, -0.25) is 0 Å². The van der Waals surface area contributed by atoms with Gasteiger partial charge < -0.3 is 19.3 Å². The van der Waals surface area contributed by atoms with Gasteiger partial charge in [0.2, 0.25) is 6.29 Å². The Labute approximate surface area is 151 Å². The first-order valence-electron chi connectivity index (χ1n) is 7.91. The van der Waals surface area contributed by atoms with E-state index < -0.39 is 18.0 Å². The number of aliphatic hydroxyl groups is 1. The van der Waals surface area contributed by atoms with Crippen LogP contribution >= 0.6 is 11.6 Å². The predicted octanol–water partition coefficient (Wildman–Crippen LogP) is 3.41. The van der Waals surface area contributed by atoms with E-state index >= 15 is 0 Å². The van der Waals surface area contributed by atoms with Crippen LogP contribution in [-0.2, 0) is 26.4 Å². The molecule has 0 spiro atoms. The number of hydrogen-bond acceptors (Lipinski definition) is 5. The molecular weight excluding hydrogens is 342 g/mol. The lowest BCUT2D eigenvalue weighted by Gasteiger charge is -2.43. The zero-order valence-electron chi connectivity index (χ0n) is 13.9. The molecule has 1 aliphatic rings. The molecule has 5 nitrogen and oxygen atoms in total. The molecule has 0 bridgehead atoms. The van der Waals surface area contributed by atoms with Crippen LogP contribution < -0.4 is 0 Å². The molecule has 1 saturated heterocycles. The Morgan fingerprint density at radius 3 is 2.72 bits per heavy atom. The third kappa shape index (κ3) is 3.85. The molecule has 0 aliphatic carbocycles. The number of methoxy groups -OCH3 is 1. The third-order valence-corrected chi connectivity index (χ3v) is 4.46. The molecule has 1 aromatic heterocycles. The van der Waals surface area contributed by atoms with Gasteiger partial charge in [-0.25, -0.2) is 4.98 Å². The van der Waals surface area contributed by atoms with Crippen LogP contribution in [0.4, 0.5) is 0 Å². The smallest absolute Gasteiger partial charge is 0.202 e. The van der Waals surface area contributed by atoms with Crippen molar-refractivity contribution in [2.45, 2.75) is 31.0 Å². The molecule has 1 aromatic carbocycles. The Morgan fingerprint density at radius 2 is 2.08 bits per heavy atom. The van der Waals surface area contributed by atoms with Crippen LogP contribution in [0.3, 0.4) is 0 Å². The van der Waals surface area contributed by atoms with E-state index in [-0.39, 0.29) is 6.42 Å². The summed E-state index contributed by atoms with van der Waals surface area (Å²) in [6.07, 6.45) is 0.337. The number of hydrogen-bond donors (Lipinski definition) is 1. The van der Waals surface area contributed by atoms with E-state index in [0.29, 0.717) is 23.1 Å². The Kier molecular flexibility index (Phi) is 5.39. The van der Waals surface area contributed by atoms with E-state index in [4.69, 9.17) is 25.8 Å². The Morgan fingerprint density at radius 1 is 1.32 bits per heavy atom. The fourth-order valence-electron chi connectivity index (χ4n) is 2.92. The molecule has 0 unspecified atom stereocenters. The second-order valence-electron chi connectivity index (χ2n) is 5.92. The average Bonchev–Trinajstić information content (AvgIpc) is 2.62. The molecule has 1 N–H and O–H groups in total. The van der Waals surface area contributed by atoms with Gasteiger partial charge in [-0.2, -0.15) is 0 Å². The van der Waals surface area contributed by atoms with Gasteiger partial charge >= 0.3 is 0 Å². The van der Waals surface area contributed by atoms with Crippen LogP contribution in [0.25, 0.3) is 0 Å². The van der Waals surface area contributed by atoms with Crippen molar-refractivity contribution in [2.24, 2.45) is 0 Å². The molecule has 0 amide bonds. The fraction of sp³-hybridized carbons (Fsp3) is 0.316. The highest BCUT2D eigenvalue weighted by Gasteiger charge is 2.49. The van der Waals surface area contributed by atoms with Crippen molar-refractivity contribution in [3.63, 3.8) is 0 Å². The summed E-state index contributed by atoms with van der Waals surface area (Å²) in [5.74, 6) is 0.312. The summed E-state index contributed by atoms with van der Waals surface area (Å²) in [6, 6.07) is 13.1. The summed E-state index contributed by atoms with van der Waals surface area (Å²) in [4.78, 5) is 4.07. The molecule has 132 valence electrons. The first-order valence-corrected chi connectivity index (χ1v) is 8.29. The summed E-state index contributed by atoms with van der Waals surface area (Å²) in [6.45, 7) is 4.23. The molecule has 3 atom stereocenters. The highest BCUT2D eigenvalue weighted by molar-refractivity contribution is 6.29. The molecule has 1 fully saturated rings. The molecule has 0 saturated carbocycles. The van der Waals surface area contributed by atoms with Crippen LogP contribution in [0.2, 0.25) is 5.15 Å². The second kappa shape index (κ2) is 7.54. The summed E-state index contributed by atoms with van der Waals surface area (Å²) in [5, 5.41) is 11.8. The highest BCUT2D eigenvalue weighted by atomic mass is 35.5. The van der Waals surface area contributed by atoms with E-state index in [2.05, 4.69) is 11.6 Å². The van der Waals surface area contributed by atoms with Crippen LogP contribution in [0.1, 0.15) is 17.5 Å². The maximum Gasteiger partial charge on any atom is 0.202 e. The minimum Gasteiger partial charge on any atom is -0.467 e. The summed E-state index contributed by atoms with van der Waals surface area (Å²) in [7, 11) is 1.52. The number of nitrogens with zero attached hydrogens (tertiary/aromatic N) is 1. The van der Waals surface area contributed by atoms with Gasteiger partial charge in [0.1, 0.15) is 22.6 Å². The van der Waals surface area contributed by atoms with Crippen LogP contribution in [0.15, 0.2) is 61.0 Å². The minimum absolute atomic E-state index is 0.186. The first-order chi connectivity index (χ1) is 12.0. The van der Waals surface area contributed by atoms with E-state index in [1.54, 1.807) is 12.1 Å². The zero-order chi connectivity index (χ0) is 17.9. The monoisotopic (exact) mass is 361 g/mol. The van der Waals surface area contributed by atoms with E-state index in [9.17, 15) is 5.11 Å². The van der Waals surface area contributed by atoms with Gasteiger partial charge in [-0.1, -0.05) is 54.6 Å². The fourth-order valence-corrected chi connectivity index (χ4v) is 3.03. The predicted molar refractivity (Wildman–Crippen MR) is 93.8 cm³/mol. The SMILES string of the molecule is C=C1O[C@H](OC)C[C@@](O)(c2ccc(Cl)nc2)[C@@H]1OCc1ccccc1. The van der Waals surface area contributed by atoms with Gasteiger partial charge in [0.25, 0.3) is 0 Å². The topological polar surface area (TPSA) is 60.8 Å². The van der Waals surface area contributed by atoms with E-state index in [0.717, 1.165) is 5.56 Å². The lowest BCUT2D eigenvalue weighted by Crippen LogP contribution is -2.50. The van der Waals surface area contributed by atoms with Crippen molar-refractivity contribution in [2.75, 3.05) is 7.11 Å². The summed E-state index contributed by atoms with van der Waals surface area (Å²) < 4.78 is 16.9. The largest absolute Gasteiger partial charge is 0.467 e. The second-order valence-corrected chi connectivity index (χ2v) is 6.31. The minimum atomic E-state index is -1.39. The standard InChI is InChI=1S/C19H20ClNO4/c1-13-18(24-12-14-6-4-3-5-7-14)19(22,10-17(23-2)25-13)15-8-9-16(20)21-11-15/h3-9,11,17-18,22H,1,10,12H2,2H3/t17-,18+,19+/m0/s1. The van der Waals surface area contributed by atoms with E-state index in [1.165, 1.54) is 13.3 Å². The Bertz CT molecular complexity index is 722. The normalized spacial score (nSPS) is 26.3. The van der Waals surface area contributed by atoms with Crippen LogP contribution in [-0.4, -0.2) is 29.6 Å². The quantitative estimate of drug-likeness (QED) is 0.827. The molecule has 6 heteroatoms. The number of halogens is 1. The van der Waals surface area contributed by atoms with Crippen LogP contribution in [0.5, 0.6) is 0 Å². The molecule has 25 heavy (non-hydrogen) atoms. The summed E-state index contributed by atoms with van der Waals surface area (Å²) in [5.41, 5.74) is 0.171. The molecule has 0 radical (unpaired) electrons. The van der Waals surface area contributed by atoms with Crippen molar-refractivity contribution < 1.29 is 19.3 Å². The highest BCUT2D eigenvalue weighted by Crippen LogP contribution is 2.41. The van der Waals surface area contributed by atoms with Crippen molar-refractivity contribution in [1.29, 1.82) is 0 Å². The third-order valence-electron chi connectivity index (χ3n) is 4.24. The average molecular weight is 362 g/mol. The van der Waals surface area contributed by atoms with Gasteiger partial charge in [0.05, 0.1) is 6.61 Å². The van der Waals surface area contributed by atoms with Crippen molar-refractivity contribution in [3.8, 4) is 0 Å². The maximum atomic E-state index is 11.4. The zero-order valence-corrected chi connectivity index (χ0v) is 14.6. The van der Waals surface area contributed by atoms with Gasteiger partial charge in [0, 0.05) is 25.3 Å². The molecular formula is C19H20ClNO4. The first kappa shape index (κ1) is 17.9. The van der Waals surface area contributed by atoms with Gasteiger partial charge in [-0.05, 0) is 11.6 Å². The number of ether oxygens (including phenoxy) is 3. The lowest BCUT2D eigenvalue weighted by atomic mass is 9.83.